The second kappa shape index (κ2) is 5.86. The van der Waals surface area contributed by atoms with Crippen molar-refractivity contribution in [3.05, 3.63) is 65.5 Å². The van der Waals surface area contributed by atoms with Gasteiger partial charge in [0.2, 0.25) is 0 Å². The van der Waals surface area contributed by atoms with Crippen molar-refractivity contribution in [2.75, 3.05) is 0 Å². The highest BCUT2D eigenvalue weighted by Crippen LogP contribution is 2.16. The summed E-state index contributed by atoms with van der Waals surface area (Å²) < 4.78 is 18.7. The summed E-state index contributed by atoms with van der Waals surface area (Å²) in [6, 6.07) is 13.3. The normalized spacial score (nSPS) is 11.3. The Hall–Kier alpha value is -2.56. The average Bonchev–Trinajstić information content (AvgIpc) is 2.46. The lowest BCUT2D eigenvalue weighted by atomic mass is 10.1. The maximum absolute atomic E-state index is 13.2. The van der Waals surface area contributed by atoms with E-state index in [0.717, 1.165) is 0 Å². The van der Waals surface area contributed by atoms with E-state index in [1.165, 1.54) is 12.1 Å². The van der Waals surface area contributed by atoms with Crippen LogP contribution in [0.25, 0.3) is 0 Å². The quantitative estimate of drug-likeness (QED) is 0.384. The smallest absolute Gasteiger partial charge is 0.170 e. The van der Waals surface area contributed by atoms with Crippen molar-refractivity contribution in [2.24, 2.45) is 10.9 Å². The number of nitrogens with zero attached hydrogens (tertiary/aromatic N) is 1. The van der Waals surface area contributed by atoms with Crippen LogP contribution >= 0.6 is 0 Å². The topological polar surface area (TPSA) is 67.8 Å². The molecule has 0 aliphatic carbocycles. The lowest BCUT2D eigenvalue weighted by Crippen LogP contribution is -2.16. The molecule has 2 aromatic carbocycles. The van der Waals surface area contributed by atoms with E-state index in [0.29, 0.717) is 16.9 Å². The molecule has 98 valence electrons. The summed E-state index contributed by atoms with van der Waals surface area (Å²) in [7, 11) is 0. The molecular weight excluding hydrogens is 247 g/mol. The van der Waals surface area contributed by atoms with E-state index >= 15 is 0 Å². The standard InChI is InChI=1S/C14H13FN2O2/c15-11-7-6-10(13(8-11)14(16)17-18)9-19-12-4-2-1-3-5-12/h1-8,18H,9H2,(H2,16,17). The summed E-state index contributed by atoms with van der Waals surface area (Å²) in [5, 5.41) is 11.6. The Balaban J connectivity index is 2.20. The van der Waals surface area contributed by atoms with E-state index in [1.54, 1.807) is 6.07 Å². The third-order valence-corrected chi connectivity index (χ3v) is 2.59. The molecule has 0 aliphatic heterocycles. The molecule has 0 saturated carbocycles. The molecule has 2 rings (SSSR count). The zero-order valence-corrected chi connectivity index (χ0v) is 10.1. The molecule has 0 aromatic heterocycles. The van der Waals surface area contributed by atoms with Crippen molar-refractivity contribution in [2.45, 2.75) is 6.61 Å². The Morgan fingerprint density at radius 2 is 1.95 bits per heavy atom. The third kappa shape index (κ3) is 3.22. The van der Waals surface area contributed by atoms with Crippen molar-refractivity contribution >= 4 is 5.84 Å². The number of ether oxygens (including phenoxy) is 1. The maximum Gasteiger partial charge on any atom is 0.170 e. The van der Waals surface area contributed by atoms with Crippen LogP contribution < -0.4 is 10.5 Å². The van der Waals surface area contributed by atoms with Crippen LogP contribution in [-0.2, 0) is 6.61 Å². The van der Waals surface area contributed by atoms with Crippen molar-refractivity contribution in [1.82, 2.24) is 0 Å². The summed E-state index contributed by atoms with van der Waals surface area (Å²) in [5.74, 6) is 0.0912. The van der Waals surface area contributed by atoms with E-state index in [2.05, 4.69) is 5.16 Å². The monoisotopic (exact) mass is 260 g/mol. The fraction of sp³-hybridized carbons (Fsp3) is 0.0714. The first kappa shape index (κ1) is 12.9. The van der Waals surface area contributed by atoms with Gasteiger partial charge in [-0.1, -0.05) is 29.4 Å². The number of hydrogen-bond donors (Lipinski definition) is 2. The van der Waals surface area contributed by atoms with Gasteiger partial charge < -0.3 is 15.7 Å². The minimum absolute atomic E-state index is 0.147. The fourth-order valence-corrected chi connectivity index (χ4v) is 1.64. The number of rotatable bonds is 4. The summed E-state index contributed by atoms with van der Waals surface area (Å²) in [6.07, 6.45) is 0. The number of benzene rings is 2. The van der Waals surface area contributed by atoms with Gasteiger partial charge in [-0.2, -0.15) is 0 Å². The summed E-state index contributed by atoms with van der Waals surface area (Å²) >= 11 is 0. The molecule has 0 spiro atoms. The van der Waals surface area contributed by atoms with Crippen LogP contribution in [0, 0.1) is 5.82 Å². The van der Waals surface area contributed by atoms with Crippen molar-refractivity contribution < 1.29 is 14.3 Å². The number of halogens is 1. The molecule has 0 atom stereocenters. The van der Waals surface area contributed by atoms with Gasteiger partial charge >= 0.3 is 0 Å². The van der Waals surface area contributed by atoms with E-state index in [1.807, 2.05) is 30.3 Å². The van der Waals surface area contributed by atoms with Gasteiger partial charge in [0.25, 0.3) is 0 Å². The van der Waals surface area contributed by atoms with Crippen LogP contribution in [0.2, 0.25) is 0 Å². The van der Waals surface area contributed by atoms with Gasteiger partial charge in [0, 0.05) is 11.1 Å². The Morgan fingerprint density at radius 1 is 1.21 bits per heavy atom. The predicted octanol–water partition coefficient (Wildman–Crippen LogP) is 2.50. The van der Waals surface area contributed by atoms with Gasteiger partial charge in [0.15, 0.2) is 5.84 Å². The van der Waals surface area contributed by atoms with Crippen molar-refractivity contribution in [3.63, 3.8) is 0 Å². The van der Waals surface area contributed by atoms with Crippen molar-refractivity contribution in [1.29, 1.82) is 0 Å². The Labute approximate surface area is 109 Å². The molecule has 3 N–H and O–H groups in total. The Kier molecular flexibility index (Phi) is 3.97. The van der Waals surface area contributed by atoms with Gasteiger partial charge in [-0.15, -0.1) is 0 Å². The number of oxime groups is 1. The number of hydrogen-bond acceptors (Lipinski definition) is 3. The van der Waals surface area contributed by atoms with Gasteiger partial charge in [0.05, 0.1) is 0 Å². The van der Waals surface area contributed by atoms with E-state index < -0.39 is 5.82 Å². The lowest BCUT2D eigenvalue weighted by Gasteiger charge is -2.10. The van der Waals surface area contributed by atoms with Crippen molar-refractivity contribution in [3.8, 4) is 5.75 Å². The van der Waals surface area contributed by atoms with Crippen LogP contribution in [0.5, 0.6) is 5.75 Å². The number of nitrogens with two attached hydrogens (primary N) is 1. The van der Waals surface area contributed by atoms with Gasteiger partial charge in [-0.3, -0.25) is 0 Å². The van der Waals surface area contributed by atoms with Gasteiger partial charge in [-0.05, 0) is 24.3 Å². The first-order valence-electron chi connectivity index (χ1n) is 5.65. The van der Waals surface area contributed by atoms with Crippen LogP contribution in [-0.4, -0.2) is 11.0 Å². The van der Waals surface area contributed by atoms with Gasteiger partial charge in [0.1, 0.15) is 18.2 Å². The zero-order valence-electron chi connectivity index (χ0n) is 10.1. The molecule has 0 bridgehead atoms. The summed E-state index contributed by atoms with van der Waals surface area (Å²) in [4.78, 5) is 0. The first-order chi connectivity index (χ1) is 9.20. The molecule has 0 fully saturated rings. The number of para-hydroxylation sites is 1. The molecule has 0 amide bonds. The SMILES string of the molecule is NC(=NO)c1cc(F)ccc1COc1ccccc1. The highest BCUT2D eigenvalue weighted by Gasteiger charge is 2.09. The molecule has 0 radical (unpaired) electrons. The highest BCUT2D eigenvalue weighted by atomic mass is 19.1. The molecule has 0 saturated heterocycles. The van der Waals surface area contributed by atoms with Crippen LogP contribution in [0.3, 0.4) is 0 Å². The van der Waals surface area contributed by atoms with Crippen LogP contribution in [0.15, 0.2) is 53.7 Å². The Morgan fingerprint density at radius 3 is 2.63 bits per heavy atom. The average molecular weight is 260 g/mol. The second-order valence-corrected chi connectivity index (χ2v) is 3.89. The van der Waals surface area contributed by atoms with E-state index in [4.69, 9.17) is 15.7 Å². The van der Waals surface area contributed by atoms with Crippen LogP contribution in [0.4, 0.5) is 4.39 Å². The summed E-state index contributed by atoms with van der Waals surface area (Å²) in [5.41, 5.74) is 6.47. The minimum atomic E-state index is -0.454. The second-order valence-electron chi connectivity index (χ2n) is 3.89. The van der Waals surface area contributed by atoms with Gasteiger partial charge in [-0.25, -0.2) is 4.39 Å². The summed E-state index contributed by atoms with van der Waals surface area (Å²) in [6.45, 7) is 0.204. The third-order valence-electron chi connectivity index (χ3n) is 2.59. The molecule has 2 aromatic rings. The lowest BCUT2D eigenvalue weighted by molar-refractivity contribution is 0.305. The molecule has 0 aliphatic rings. The molecule has 0 heterocycles. The van der Waals surface area contributed by atoms with E-state index in [9.17, 15) is 4.39 Å². The molecule has 4 nitrogen and oxygen atoms in total. The molecule has 5 heteroatoms. The fourth-order valence-electron chi connectivity index (χ4n) is 1.64. The number of amidine groups is 1. The molecule has 19 heavy (non-hydrogen) atoms. The predicted molar refractivity (Wildman–Crippen MR) is 69.7 cm³/mol. The minimum Gasteiger partial charge on any atom is -0.489 e. The highest BCUT2D eigenvalue weighted by molar-refractivity contribution is 5.98. The zero-order chi connectivity index (χ0) is 13.7. The maximum atomic E-state index is 13.2. The molecule has 0 unspecified atom stereocenters. The van der Waals surface area contributed by atoms with Crippen LogP contribution in [0.1, 0.15) is 11.1 Å². The molecular formula is C14H13FN2O2. The first-order valence-corrected chi connectivity index (χ1v) is 5.65. The van der Waals surface area contributed by atoms with E-state index in [-0.39, 0.29) is 12.4 Å². The largest absolute Gasteiger partial charge is 0.489 e. The Bertz CT molecular complexity index is 585.